The van der Waals surface area contributed by atoms with Crippen molar-refractivity contribution in [2.75, 3.05) is 19.5 Å². The van der Waals surface area contributed by atoms with Crippen molar-refractivity contribution >= 4 is 9.84 Å². The molecule has 1 rings (SSSR count). The summed E-state index contributed by atoms with van der Waals surface area (Å²) in [5.74, 6) is 0.282. The molecule has 5 heteroatoms. The zero-order chi connectivity index (χ0) is 10.6. The number of benzene rings is 1. The monoisotopic (exact) mass is 216 g/mol. The highest BCUT2D eigenvalue weighted by Gasteiger charge is 2.12. The van der Waals surface area contributed by atoms with Gasteiger partial charge in [0.05, 0.1) is 6.61 Å². The number of para-hydroxylation sites is 1. The maximum atomic E-state index is 11.3. The van der Waals surface area contributed by atoms with E-state index in [1.165, 1.54) is 6.07 Å². The second kappa shape index (κ2) is 4.43. The third kappa shape index (κ3) is 2.71. The summed E-state index contributed by atoms with van der Waals surface area (Å²) in [6.45, 7) is -0.0510. The molecule has 0 saturated carbocycles. The van der Waals surface area contributed by atoms with Crippen LogP contribution in [-0.4, -0.2) is 33.0 Å². The molecule has 78 valence electrons. The highest BCUT2D eigenvalue weighted by molar-refractivity contribution is 7.90. The highest BCUT2D eigenvalue weighted by Crippen LogP contribution is 2.22. The largest absolute Gasteiger partial charge is 0.490 e. The molecule has 0 radical (unpaired) electrons. The maximum Gasteiger partial charge on any atom is 0.179 e. The summed E-state index contributed by atoms with van der Waals surface area (Å²) in [4.78, 5) is 0.147. The van der Waals surface area contributed by atoms with Crippen LogP contribution in [0.1, 0.15) is 0 Å². The molecule has 0 unspecified atom stereocenters. The Morgan fingerprint density at radius 2 is 2.00 bits per heavy atom. The maximum absolute atomic E-state index is 11.3. The lowest BCUT2D eigenvalue weighted by Gasteiger charge is -2.08. The van der Waals surface area contributed by atoms with Gasteiger partial charge >= 0.3 is 0 Å². The van der Waals surface area contributed by atoms with Crippen molar-refractivity contribution in [1.82, 2.24) is 0 Å². The van der Waals surface area contributed by atoms with Gasteiger partial charge < -0.3 is 9.84 Å². The molecule has 0 aliphatic carbocycles. The van der Waals surface area contributed by atoms with Crippen LogP contribution >= 0.6 is 0 Å². The molecule has 4 nitrogen and oxygen atoms in total. The Morgan fingerprint density at radius 3 is 2.57 bits per heavy atom. The number of aliphatic hydroxyl groups excluding tert-OH is 1. The molecule has 0 bridgehead atoms. The average Bonchev–Trinajstić information content (AvgIpc) is 2.14. The van der Waals surface area contributed by atoms with Crippen molar-refractivity contribution < 1.29 is 18.3 Å². The molecule has 1 aromatic rings. The lowest BCUT2D eigenvalue weighted by atomic mass is 10.3. The first-order chi connectivity index (χ1) is 6.55. The molecule has 0 amide bonds. The topological polar surface area (TPSA) is 63.6 Å². The summed E-state index contributed by atoms with van der Waals surface area (Å²) in [7, 11) is -3.27. The van der Waals surface area contributed by atoms with Gasteiger partial charge in [0.25, 0.3) is 0 Å². The number of rotatable bonds is 4. The van der Waals surface area contributed by atoms with Gasteiger partial charge in [-0.15, -0.1) is 0 Å². The quantitative estimate of drug-likeness (QED) is 0.794. The summed E-state index contributed by atoms with van der Waals surface area (Å²) < 4.78 is 27.6. The standard InChI is InChI=1S/C9H12O4S/c1-14(11,12)9-5-3-2-4-8(9)13-7-6-10/h2-5,10H,6-7H2,1H3. The predicted molar refractivity (Wildman–Crippen MR) is 52.1 cm³/mol. The third-order valence-electron chi connectivity index (χ3n) is 1.60. The SMILES string of the molecule is CS(=O)(=O)c1ccccc1OCCO. The third-order valence-corrected chi connectivity index (χ3v) is 2.73. The molecule has 1 aromatic carbocycles. The van der Waals surface area contributed by atoms with Gasteiger partial charge in [0, 0.05) is 6.26 Å². The van der Waals surface area contributed by atoms with Crippen LogP contribution in [-0.2, 0) is 9.84 Å². The molecule has 14 heavy (non-hydrogen) atoms. The second-order valence-electron chi connectivity index (χ2n) is 2.79. The zero-order valence-electron chi connectivity index (χ0n) is 7.80. The van der Waals surface area contributed by atoms with E-state index in [0.29, 0.717) is 0 Å². The molecule has 0 spiro atoms. The first-order valence-corrected chi connectivity index (χ1v) is 5.97. The van der Waals surface area contributed by atoms with Crippen LogP contribution in [0.4, 0.5) is 0 Å². The minimum absolute atomic E-state index is 0.0898. The van der Waals surface area contributed by atoms with Crippen LogP contribution in [0.3, 0.4) is 0 Å². The van der Waals surface area contributed by atoms with Gasteiger partial charge in [-0.2, -0.15) is 0 Å². The van der Waals surface area contributed by atoms with Gasteiger partial charge in [0.15, 0.2) is 9.84 Å². The van der Waals surface area contributed by atoms with E-state index in [2.05, 4.69) is 0 Å². The fraction of sp³-hybridized carbons (Fsp3) is 0.333. The molecule has 0 heterocycles. The van der Waals surface area contributed by atoms with E-state index in [1.54, 1.807) is 18.2 Å². The molecule has 0 aromatic heterocycles. The minimum atomic E-state index is -3.27. The van der Waals surface area contributed by atoms with Gasteiger partial charge in [-0.25, -0.2) is 8.42 Å². The van der Waals surface area contributed by atoms with Gasteiger partial charge in [-0.05, 0) is 12.1 Å². The summed E-state index contributed by atoms with van der Waals surface area (Å²) in [6.07, 6.45) is 1.12. The van der Waals surface area contributed by atoms with Crippen molar-refractivity contribution in [3.05, 3.63) is 24.3 Å². The van der Waals surface area contributed by atoms with Crippen LogP contribution in [0, 0.1) is 0 Å². The summed E-state index contributed by atoms with van der Waals surface area (Å²) in [5.41, 5.74) is 0. The Labute approximate surface area is 83.1 Å². The predicted octanol–water partition coefficient (Wildman–Crippen LogP) is 0.461. The molecular formula is C9H12O4S. The van der Waals surface area contributed by atoms with Crippen LogP contribution in [0.15, 0.2) is 29.2 Å². The Bertz CT molecular complexity index is 397. The number of sulfone groups is 1. The van der Waals surface area contributed by atoms with Crippen LogP contribution in [0.5, 0.6) is 5.75 Å². The summed E-state index contributed by atoms with van der Waals surface area (Å²) >= 11 is 0. The zero-order valence-corrected chi connectivity index (χ0v) is 8.62. The van der Waals surface area contributed by atoms with E-state index < -0.39 is 9.84 Å². The Kier molecular flexibility index (Phi) is 3.49. The van der Waals surface area contributed by atoms with Gasteiger partial charge in [-0.1, -0.05) is 12.1 Å². The number of aliphatic hydroxyl groups is 1. The summed E-state index contributed by atoms with van der Waals surface area (Å²) in [5, 5.41) is 8.55. The van der Waals surface area contributed by atoms with Crippen LogP contribution in [0.2, 0.25) is 0 Å². The van der Waals surface area contributed by atoms with Crippen LogP contribution in [0.25, 0.3) is 0 Å². The van der Waals surface area contributed by atoms with E-state index >= 15 is 0 Å². The van der Waals surface area contributed by atoms with E-state index in [1.807, 2.05) is 0 Å². The highest BCUT2D eigenvalue weighted by atomic mass is 32.2. The van der Waals surface area contributed by atoms with E-state index in [9.17, 15) is 8.42 Å². The molecule has 1 N–H and O–H groups in total. The Balaban J connectivity index is 3.04. The molecular weight excluding hydrogens is 204 g/mol. The Hall–Kier alpha value is -1.07. The first-order valence-electron chi connectivity index (χ1n) is 4.08. The van der Waals surface area contributed by atoms with Gasteiger partial charge in [0.2, 0.25) is 0 Å². The van der Waals surface area contributed by atoms with Crippen molar-refractivity contribution in [3.63, 3.8) is 0 Å². The van der Waals surface area contributed by atoms with Gasteiger partial charge in [0.1, 0.15) is 17.3 Å². The second-order valence-corrected chi connectivity index (χ2v) is 4.78. The fourth-order valence-electron chi connectivity index (χ4n) is 1.03. The van der Waals surface area contributed by atoms with E-state index in [4.69, 9.17) is 9.84 Å². The molecule has 0 aliphatic rings. The fourth-order valence-corrected chi connectivity index (χ4v) is 1.85. The van der Waals surface area contributed by atoms with Crippen LogP contribution < -0.4 is 4.74 Å². The van der Waals surface area contributed by atoms with Crippen molar-refractivity contribution in [2.45, 2.75) is 4.90 Å². The first kappa shape index (κ1) is 11.0. The smallest absolute Gasteiger partial charge is 0.179 e. The van der Waals surface area contributed by atoms with Gasteiger partial charge in [-0.3, -0.25) is 0 Å². The Morgan fingerprint density at radius 1 is 1.36 bits per heavy atom. The van der Waals surface area contributed by atoms with Crippen molar-refractivity contribution in [2.24, 2.45) is 0 Å². The normalized spacial score (nSPS) is 11.3. The van der Waals surface area contributed by atoms with Crippen molar-refractivity contribution in [3.8, 4) is 5.75 Å². The van der Waals surface area contributed by atoms with E-state index in [0.717, 1.165) is 6.26 Å². The number of hydrogen-bond acceptors (Lipinski definition) is 4. The van der Waals surface area contributed by atoms with E-state index in [-0.39, 0.29) is 23.9 Å². The molecule has 0 aliphatic heterocycles. The lowest BCUT2D eigenvalue weighted by molar-refractivity contribution is 0.198. The molecule has 0 fully saturated rings. The molecule has 0 atom stereocenters. The lowest BCUT2D eigenvalue weighted by Crippen LogP contribution is -2.06. The summed E-state index contributed by atoms with van der Waals surface area (Å²) in [6, 6.07) is 6.34. The average molecular weight is 216 g/mol. The number of ether oxygens (including phenoxy) is 1. The number of hydrogen-bond donors (Lipinski definition) is 1. The molecule has 0 saturated heterocycles. The van der Waals surface area contributed by atoms with Crippen molar-refractivity contribution in [1.29, 1.82) is 0 Å². The minimum Gasteiger partial charge on any atom is -0.490 e.